The van der Waals surface area contributed by atoms with E-state index in [0.717, 1.165) is 16.4 Å². The second kappa shape index (κ2) is 6.63. The number of aryl methyl sites for hydroxylation is 1. The number of hydrazone groups is 1. The Labute approximate surface area is 124 Å². The number of hydrogen-bond acceptors (Lipinski definition) is 5. The zero-order valence-electron chi connectivity index (χ0n) is 12.3. The average molecular weight is 288 g/mol. The van der Waals surface area contributed by atoms with Gasteiger partial charge in [0.05, 0.1) is 11.9 Å². The summed E-state index contributed by atoms with van der Waals surface area (Å²) in [4.78, 5) is 6.48. The maximum Gasteiger partial charge on any atom is 0.203 e. The molecule has 0 aliphatic heterocycles. The molecular weight excluding hydrogens is 268 g/mol. The molecule has 4 nitrogen and oxygen atoms in total. The highest BCUT2D eigenvalue weighted by Crippen LogP contribution is 2.17. The Hall–Kier alpha value is -1.72. The third-order valence-electron chi connectivity index (χ3n) is 3.19. The Kier molecular flexibility index (Phi) is 4.87. The lowest BCUT2D eigenvalue weighted by atomic mass is 10.1. The molecule has 1 atom stereocenters. The van der Waals surface area contributed by atoms with Crippen LogP contribution in [0.4, 0.5) is 5.13 Å². The van der Waals surface area contributed by atoms with Crippen molar-refractivity contribution in [3.05, 3.63) is 46.5 Å². The van der Waals surface area contributed by atoms with E-state index >= 15 is 0 Å². The predicted molar refractivity (Wildman–Crippen MR) is 86.6 cm³/mol. The number of rotatable bonds is 5. The molecule has 1 aromatic carbocycles. The number of hydrogen-bond donors (Lipinski definition) is 1. The highest BCUT2D eigenvalue weighted by atomic mass is 32.1. The number of benzene rings is 1. The van der Waals surface area contributed by atoms with Crippen molar-refractivity contribution in [1.29, 1.82) is 0 Å². The van der Waals surface area contributed by atoms with Crippen LogP contribution >= 0.6 is 11.3 Å². The molecular formula is C15H20N4S. The van der Waals surface area contributed by atoms with Crippen molar-refractivity contribution in [1.82, 2.24) is 9.88 Å². The first-order valence-electron chi connectivity index (χ1n) is 6.54. The van der Waals surface area contributed by atoms with Crippen molar-refractivity contribution < 1.29 is 0 Å². The van der Waals surface area contributed by atoms with Crippen molar-refractivity contribution in [3.63, 3.8) is 0 Å². The van der Waals surface area contributed by atoms with Crippen molar-refractivity contribution in [2.24, 2.45) is 5.10 Å². The quantitative estimate of drug-likeness (QED) is 0.676. The molecule has 0 amide bonds. The maximum atomic E-state index is 4.29. The molecule has 0 saturated heterocycles. The Morgan fingerprint density at radius 1 is 1.30 bits per heavy atom. The van der Waals surface area contributed by atoms with Gasteiger partial charge in [-0.1, -0.05) is 24.3 Å². The van der Waals surface area contributed by atoms with Gasteiger partial charge in [-0.2, -0.15) is 5.10 Å². The van der Waals surface area contributed by atoms with Crippen LogP contribution in [-0.4, -0.2) is 30.2 Å². The summed E-state index contributed by atoms with van der Waals surface area (Å²) in [6.45, 7) is 4.16. The molecule has 5 heteroatoms. The fraction of sp³-hybridized carbons (Fsp3) is 0.333. The van der Waals surface area contributed by atoms with E-state index in [2.05, 4.69) is 65.7 Å². The lowest BCUT2D eigenvalue weighted by Crippen LogP contribution is -2.16. The molecule has 0 fully saturated rings. The fourth-order valence-electron chi connectivity index (χ4n) is 1.73. The number of anilines is 1. The van der Waals surface area contributed by atoms with Gasteiger partial charge in [-0.3, -0.25) is 5.43 Å². The summed E-state index contributed by atoms with van der Waals surface area (Å²) in [6.07, 6.45) is 1.81. The molecule has 2 aromatic rings. The molecule has 2 rings (SSSR count). The van der Waals surface area contributed by atoms with Gasteiger partial charge in [0.25, 0.3) is 0 Å². The van der Waals surface area contributed by atoms with Crippen LogP contribution in [0.25, 0.3) is 0 Å². The summed E-state index contributed by atoms with van der Waals surface area (Å²) < 4.78 is 0. The molecule has 1 unspecified atom stereocenters. The van der Waals surface area contributed by atoms with E-state index in [4.69, 9.17) is 0 Å². The largest absolute Gasteiger partial charge is 0.303 e. The van der Waals surface area contributed by atoms with Gasteiger partial charge in [0.2, 0.25) is 5.13 Å². The van der Waals surface area contributed by atoms with Crippen LogP contribution in [0.15, 0.2) is 34.7 Å². The molecule has 1 N–H and O–H groups in total. The Morgan fingerprint density at radius 2 is 2.00 bits per heavy atom. The lowest BCUT2D eigenvalue weighted by molar-refractivity contribution is 0.321. The minimum absolute atomic E-state index is 0.414. The molecule has 0 radical (unpaired) electrons. The number of nitrogens with zero attached hydrogens (tertiary/aromatic N) is 3. The van der Waals surface area contributed by atoms with Crippen molar-refractivity contribution >= 4 is 22.7 Å². The predicted octanol–water partition coefficient (Wildman–Crippen LogP) is 3.52. The summed E-state index contributed by atoms with van der Waals surface area (Å²) in [5, 5.41) is 7.01. The topological polar surface area (TPSA) is 40.5 Å². The van der Waals surface area contributed by atoms with Crippen LogP contribution in [0.2, 0.25) is 0 Å². The van der Waals surface area contributed by atoms with Crippen LogP contribution in [0.1, 0.15) is 29.8 Å². The Balaban J connectivity index is 1.96. The van der Waals surface area contributed by atoms with Crippen molar-refractivity contribution in [3.8, 4) is 0 Å². The first kappa shape index (κ1) is 14.7. The molecule has 0 aliphatic carbocycles. The zero-order valence-corrected chi connectivity index (χ0v) is 13.1. The van der Waals surface area contributed by atoms with Gasteiger partial charge in [-0.05, 0) is 39.1 Å². The van der Waals surface area contributed by atoms with Crippen LogP contribution in [0, 0.1) is 6.92 Å². The first-order valence-corrected chi connectivity index (χ1v) is 7.42. The summed E-state index contributed by atoms with van der Waals surface area (Å²) in [6, 6.07) is 8.85. The van der Waals surface area contributed by atoms with E-state index in [1.807, 2.05) is 12.3 Å². The molecule has 0 aliphatic rings. The maximum absolute atomic E-state index is 4.29. The van der Waals surface area contributed by atoms with Gasteiger partial charge in [0.1, 0.15) is 0 Å². The second-order valence-electron chi connectivity index (χ2n) is 4.97. The third kappa shape index (κ3) is 3.88. The van der Waals surface area contributed by atoms with E-state index < -0.39 is 0 Å². The Bertz CT molecular complexity index is 572. The lowest BCUT2D eigenvalue weighted by Gasteiger charge is -2.20. The molecule has 1 heterocycles. The van der Waals surface area contributed by atoms with E-state index in [1.54, 1.807) is 17.6 Å². The van der Waals surface area contributed by atoms with Gasteiger partial charge in [0, 0.05) is 11.4 Å². The highest BCUT2D eigenvalue weighted by Gasteiger charge is 2.06. The molecule has 1 aromatic heterocycles. The van der Waals surface area contributed by atoms with Crippen molar-refractivity contribution in [2.45, 2.75) is 19.9 Å². The smallest absolute Gasteiger partial charge is 0.203 e. The number of nitrogens with one attached hydrogen (secondary N) is 1. The SMILES string of the molecule is Cc1csc(NN=Cc2ccc(C(C)N(C)C)cc2)n1. The molecule has 106 valence electrons. The summed E-state index contributed by atoms with van der Waals surface area (Å²) in [7, 11) is 4.17. The van der Waals surface area contributed by atoms with Crippen LogP contribution in [0.3, 0.4) is 0 Å². The van der Waals surface area contributed by atoms with Crippen LogP contribution in [-0.2, 0) is 0 Å². The number of thiazole rings is 1. The first-order chi connectivity index (χ1) is 9.56. The molecule has 0 bridgehead atoms. The van der Waals surface area contributed by atoms with Gasteiger partial charge >= 0.3 is 0 Å². The fourth-order valence-corrected chi connectivity index (χ4v) is 2.36. The summed E-state index contributed by atoms with van der Waals surface area (Å²) in [5.74, 6) is 0. The van der Waals surface area contributed by atoms with E-state index in [9.17, 15) is 0 Å². The minimum Gasteiger partial charge on any atom is -0.303 e. The highest BCUT2D eigenvalue weighted by molar-refractivity contribution is 7.13. The standard InChI is InChI=1S/C15H20N4S/c1-11-10-20-15(17-11)18-16-9-13-5-7-14(8-6-13)12(2)19(3)4/h5-10,12H,1-4H3,(H,17,18). The van der Waals surface area contributed by atoms with Crippen LogP contribution < -0.4 is 5.43 Å². The number of aromatic nitrogens is 1. The monoisotopic (exact) mass is 288 g/mol. The van der Waals surface area contributed by atoms with Gasteiger partial charge in [-0.15, -0.1) is 11.3 Å². The minimum atomic E-state index is 0.414. The van der Waals surface area contributed by atoms with Gasteiger partial charge < -0.3 is 4.90 Å². The second-order valence-corrected chi connectivity index (χ2v) is 5.83. The molecule has 0 saturated carbocycles. The van der Waals surface area contributed by atoms with E-state index in [-0.39, 0.29) is 0 Å². The van der Waals surface area contributed by atoms with Crippen molar-refractivity contribution in [2.75, 3.05) is 19.5 Å². The zero-order chi connectivity index (χ0) is 14.5. The van der Waals surface area contributed by atoms with E-state index in [0.29, 0.717) is 6.04 Å². The van der Waals surface area contributed by atoms with E-state index in [1.165, 1.54) is 5.56 Å². The van der Waals surface area contributed by atoms with Gasteiger partial charge in [-0.25, -0.2) is 4.98 Å². The molecule has 0 spiro atoms. The Morgan fingerprint density at radius 3 is 2.55 bits per heavy atom. The molecule has 20 heavy (non-hydrogen) atoms. The van der Waals surface area contributed by atoms with Crippen LogP contribution in [0.5, 0.6) is 0 Å². The summed E-state index contributed by atoms with van der Waals surface area (Å²) >= 11 is 1.55. The van der Waals surface area contributed by atoms with Gasteiger partial charge in [0.15, 0.2) is 0 Å². The third-order valence-corrected chi connectivity index (χ3v) is 4.05. The summed E-state index contributed by atoms with van der Waals surface area (Å²) in [5.41, 5.74) is 6.32. The average Bonchev–Trinajstić information content (AvgIpc) is 2.84. The normalized spacial score (nSPS) is 13.1.